The number of anilines is 2. The first-order valence-electron chi connectivity index (χ1n) is 6.04. The van der Waals surface area contributed by atoms with Gasteiger partial charge < -0.3 is 5.73 Å². The van der Waals surface area contributed by atoms with E-state index in [1.165, 1.54) is 11.1 Å². The topological polar surface area (TPSA) is 58.3 Å². The predicted molar refractivity (Wildman–Crippen MR) is 68.9 cm³/mol. The molecular weight excluding hydrogens is 200 g/mol. The van der Waals surface area contributed by atoms with E-state index in [-0.39, 0.29) is 0 Å². The molecule has 0 aliphatic rings. The number of hydrogen-bond donors (Lipinski definition) is 3. The highest BCUT2D eigenvalue weighted by molar-refractivity contribution is 5.63. The van der Waals surface area contributed by atoms with Gasteiger partial charge >= 0.3 is 0 Å². The summed E-state index contributed by atoms with van der Waals surface area (Å²) in [6, 6.07) is 3.71. The van der Waals surface area contributed by atoms with Crippen LogP contribution in [0.2, 0.25) is 0 Å². The molecule has 0 unspecified atom stereocenters. The van der Waals surface area contributed by atoms with Crippen LogP contribution in [-0.2, 0) is 12.8 Å². The van der Waals surface area contributed by atoms with Crippen LogP contribution < -0.4 is 11.2 Å². The molecule has 1 aromatic carbocycles. The molecule has 0 saturated heterocycles. The van der Waals surface area contributed by atoms with E-state index in [1.807, 2.05) is 12.1 Å². The summed E-state index contributed by atoms with van der Waals surface area (Å²) in [5, 5.41) is 9.11. The fourth-order valence-corrected chi connectivity index (χ4v) is 2.00. The summed E-state index contributed by atoms with van der Waals surface area (Å²) in [7, 11) is 0. The molecule has 0 spiro atoms. The molecule has 90 valence electrons. The Morgan fingerprint density at radius 3 is 2.44 bits per heavy atom. The third-order valence-electron chi connectivity index (χ3n) is 2.87. The number of nitrogen functional groups attached to an aromatic ring is 1. The van der Waals surface area contributed by atoms with Gasteiger partial charge in [0.25, 0.3) is 0 Å². The molecule has 0 aromatic heterocycles. The van der Waals surface area contributed by atoms with E-state index in [0.29, 0.717) is 0 Å². The van der Waals surface area contributed by atoms with E-state index in [1.54, 1.807) is 0 Å². The molecule has 0 heterocycles. The van der Waals surface area contributed by atoms with E-state index in [4.69, 9.17) is 10.9 Å². The van der Waals surface area contributed by atoms with Crippen LogP contribution in [0.3, 0.4) is 0 Å². The lowest BCUT2D eigenvalue weighted by Gasteiger charge is -2.15. The number of nitrogens with two attached hydrogens (primary N) is 1. The summed E-state index contributed by atoms with van der Waals surface area (Å²) in [5.41, 5.74) is 12.3. The maximum absolute atomic E-state index is 9.11. The second-order valence-corrected chi connectivity index (χ2v) is 4.12. The van der Waals surface area contributed by atoms with Crippen molar-refractivity contribution >= 4 is 11.4 Å². The van der Waals surface area contributed by atoms with Crippen molar-refractivity contribution in [1.82, 2.24) is 0 Å². The van der Waals surface area contributed by atoms with Gasteiger partial charge in [0.15, 0.2) is 0 Å². The molecule has 0 saturated carbocycles. The molecule has 0 bridgehead atoms. The van der Waals surface area contributed by atoms with Crippen molar-refractivity contribution < 1.29 is 5.21 Å². The highest BCUT2D eigenvalue weighted by Crippen LogP contribution is 2.28. The molecule has 0 atom stereocenters. The van der Waals surface area contributed by atoms with E-state index in [9.17, 15) is 0 Å². The van der Waals surface area contributed by atoms with Gasteiger partial charge in [-0.25, -0.2) is 0 Å². The Hall–Kier alpha value is -1.22. The SMILES string of the molecule is CCCCc1c(NO)ccc(N)c1CCC. The maximum Gasteiger partial charge on any atom is 0.0638 e. The van der Waals surface area contributed by atoms with Gasteiger partial charge in [-0.3, -0.25) is 10.7 Å². The highest BCUT2D eigenvalue weighted by atomic mass is 16.5. The zero-order valence-corrected chi connectivity index (χ0v) is 10.2. The van der Waals surface area contributed by atoms with Crippen LogP contribution >= 0.6 is 0 Å². The molecule has 4 N–H and O–H groups in total. The third kappa shape index (κ3) is 2.89. The van der Waals surface area contributed by atoms with E-state index in [2.05, 4.69) is 19.3 Å². The number of nitrogens with one attached hydrogen (secondary N) is 1. The smallest absolute Gasteiger partial charge is 0.0638 e. The Balaban J connectivity index is 3.08. The molecule has 0 aliphatic carbocycles. The van der Waals surface area contributed by atoms with Crippen LogP contribution in [-0.4, -0.2) is 5.21 Å². The average Bonchev–Trinajstić information content (AvgIpc) is 2.30. The largest absolute Gasteiger partial charge is 0.398 e. The quantitative estimate of drug-likeness (QED) is 0.511. The fourth-order valence-electron chi connectivity index (χ4n) is 2.00. The molecular formula is C13H22N2O. The van der Waals surface area contributed by atoms with Gasteiger partial charge in [0.1, 0.15) is 0 Å². The van der Waals surface area contributed by atoms with E-state index >= 15 is 0 Å². The maximum atomic E-state index is 9.11. The van der Waals surface area contributed by atoms with Crippen LogP contribution in [0, 0.1) is 0 Å². The van der Waals surface area contributed by atoms with Gasteiger partial charge in [-0.1, -0.05) is 26.7 Å². The van der Waals surface area contributed by atoms with Crippen LogP contribution in [0.15, 0.2) is 12.1 Å². The third-order valence-corrected chi connectivity index (χ3v) is 2.87. The molecule has 0 amide bonds. The normalized spacial score (nSPS) is 10.4. The molecule has 3 nitrogen and oxygen atoms in total. The second kappa shape index (κ2) is 6.38. The number of benzene rings is 1. The van der Waals surface area contributed by atoms with Gasteiger partial charge in [-0.2, -0.15) is 0 Å². The molecule has 1 aromatic rings. The van der Waals surface area contributed by atoms with Crippen molar-refractivity contribution in [2.75, 3.05) is 11.2 Å². The van der Waals surface area contributed by atoms with Crippen molar-refractivity contribution in [3.8, 4) is 0 Å². The van der Waals surface area contributed by atoms with Crippen LogP contribution in [0.4, 0.5) is 11.4 Å². The Bertz CT molecular complexity index is 337. The molecule has 0 aliphatic heterocycles. The number of rotatable bonds is 6. The van der Waals surface area contributed by atoms with Crippen LogP contribution in [0.5, 0.6) is 0 Å². The number of unbranched alkanes of at least 4 members (excludes halogenated alkanes) is 1. The second-order valence-electron chi connectivity index (χ2n) is 4.12. The summed E-state index contributed by atoms with van der Waals surface area (Å²) >= 11 is 0. The lowest BCUT2D eigenvalue weighted by molar-refractivity contribution is 0.388. The lowest BCUT2D eigenvalue weighted by atomic mass is 9.95. The monoisotopic (exact) mass is 222 g/mol. The Labute approximate surface area is 97.6 Å². The van der Waals surface area contributed by atoms with Crippen molar-refractivity contribution in [3.05, 3.63) is 23.3 Å². The van der Waals surface area contributed by atoms with Crippen molar-refractivity contribution in [1.29, 1.82) is 0 Å². The molecule has 16 heavy (non-hydrogen) atoms. The minimum absolute atomic E-state index is 0.797. The molecule has 3 heteroatoms. The minimum Gasteiger partial charge on any atom is -0.398 e. The zero-order chi connectivity index (χ0) is 12.0. The van der Waals surface area contributed by atoms with Crippen LogP contribution in [0.25, 0.3) is 0 Å². The van der Waals surface area contributed by atoms with Crippen molar-refractivity contribution in [2.45, 2.75) is 46.0 Å². The first kappa shape index (κ1) is 12.8. The van der Waals surface area contributed by atoms with Gasteiger partial charge in [0, 0.05) is 5.69 Å². The lowest BCUT2D eigenvalue weighted by Crippen LogP contribution is -2.05. The Morgan fingerprint density at radius 1 is 1.12 bits per heavy atom. The summed E-state index contributed by atoms with van der Waals surface area (Å²) in [6.07, 6.45) is 5.28. The fraction of sp³-hybridized carbons (Fsp3) is 0.538. The first-order valence-corrected chi connectivity index (χ1v) is 6.04. The van der Waals surface area contributed by atoms with Gasteiger partial charge in [-0.05, 0) is 42.5 Å². The van der Waals surface area contributed by atoms with Gasteiger partial charge in [0.2, 0.25) is 0 Å². The molecule has 0 fully saturated rings. The van der Waals surface area contributed by atoms with Crippen LogP contribution in [0.1, 0.15) is 44.2 Å². The predicted octanol–water partition coefficient (Wildman–Crippen LogP) is 3.37. The summed E-state index contributed by atoms with van der Waals surface area (Å²) in [6.45, 7) is 4.31. The standard InChI is InChI=1S/C13H22N2O/c1-3-5-7-11-10(6-4-2)12(14)8-9-13(11)15-16/h8-9,15-16H,3-7,14H2,1-2H3. The first-order chi connectivity index (χ1) is 7.74. The Morgan fingerprint density at radius 2 is 1.88 bits per heavy atom. The highest BCUT2D eigenvalue weighted by Gasteiger charge is 2.10. The van der Waals surface area contributed by atoms with Crippen molar-refractivity contribution in [2.24, 2.45) is 0 Å². The summed E-state index contributed by atoms with van der Waals surface area (Å²) in [4.78, 5) is 0. The zero-order valence-electron chi connectivity index (χ0n) is 10.2. The Kier molecular flexibility index (Phi) is 5.12. The van der Waals surface area contributed by atoms with E-state index in [0.717, 1.165) is 43.5 Å². The number of hydrogen-bond acceptors (Lipinski definition) is 3. The average molecular weight is 222 g/mol. The molecule has 1 rings (SSSR count). The minimum atomic E-state index is 0.797. The van der Waals surface area contributed by atoms with E-state index < -0.39 is 0 Å². The molecule has 0 radical (unpaired) electrons. The van der Waals surface area contributed by atoms with Crippen molar-refractivity contribution in [3.63, 3.8) is 0 Å². The van der Waals surface area contributed by atoms with Gasteiger partial charge in [0.05, 0.1) is 5.69 Å². The summed E-state index contributed by atoms with van der Waals surface area (Å²) in [5.74, 6) is 0. The summed E-state index contributed by atoms with van der Waals surface area (Å²) < 4.78 is 0. The van der Waals surface area contributed by atoms with Gasteiger partial charge in [-0.15, -0.1) is 0 Å².